The number of carbonyl (C=O) groups is 2. The molecule has 2 aromatic carbocycles. The molecule has 0 spiro atoms. The van der Waals surface area contributed by atoms with Crippen LogP contribution in [0.4, 0.5) is 5.69 Å². The first-order valence-corrected chi connectivity index (χ1v) is 10.5. The van der Waals surface area contributed by atoms with Crippen LogP contribution in [0.15, 0.2) is 70.4 Å². The van der Waals surface area contributed by atoms with Crippen LogP contribution in [0.1, 0.15) is 11.1 Å². The molecule has 7 nitrogen and oxygen atoms in total. The van der Waals surface area contributed by atoms with Crippen LogP contribution in [0.25, 0.3) is 0 Å². The second-order valence-corrected chi connectivity index (χ2v) is 7.99. The number of carbonyl (C=O) groups excluding carboxylic acids is 2. The van der Waals surface area contributed by atoms with Crippen LogP contribution < -0.4 is 4.90 Å². The van der Waals surface area contributed by atoms with E-state index in [9.17, 15) is 9.59 Å². The van der Waals surface area contributed by atoms with E-state index in [4.69, 9.17) is 16.6 Å². The summed E-state index contributed by atoms with van der Waals surface area (Å²) in [6.07, 6.45) is 2.66. The van der Waals surface area contributed by atoms with Gasteiger partial charge in [0.1, 0.15) is 11.5 Å². The lowest BCUT2D eigenvalue weighted by atomic mass is 10.00. The molecular formula is C23H20ClN5O2. The van der Waals surface area contributed by atoms with Gasteiger partial charge in [-0.2, -0.15) is 0 Å². The Kier molecular flexibility index (Phi) is 5.03. The Hall–Kier alpha value is -3.45. The number of hydrogen-bond donors (Lipinski definition) is 0. The van der Waals surface area contributed by atoms with Crippen molar-refractivity contribution in [2.24, 2.45) is 9.98 Å². The Morgan fingerprint density at radius 1 is 0.968 bits per heavy atom. The lowest BCUT2D eigenvalue weighted by Gasteiger charge is -2.31. The fraction of sp³-hybridized carbons (Fsp3) is 0.217. The first-order chi connectivity index (χ1) is 15.1. The predicted molar refractivity (Wildman–Crippen MR) is 121 cm³/mol. The van der Waals surface area contributed by atoms with Crippen molar-refractivity contribution >= 4 is 41.2 Å². The standard InChI is InChI=1S/C23H20ClN5O2/c24-17-6-7-20-18(12-17)22(16-4-2-1-3-5-16)25-13-21-26-19(23(31)29(20)21)14-27-8-10-28(15-30)11-9-27/h1-7,12,14-15H,8-11,13H2/b19-14-. The molecule has 31 heavy (non-hydrogen) atoms. The normalized spacial score (nSPS) is 19.6. The van der Waals surface area contributed by atoms with Crippen molar-refractivity contribution in [2.45, 2.75) is 0 Å². The van der Waals surface area contributed by atoms with Gasteiger partial charge in [-0.3, -0.25) is 19.5 Å². The van der Waals surface area contributed by atoms with Crippen LogP contribution in [0, 0.1) is 0 Å². The quantitative estimate of drug-likeness (QED) is 0.552. The number of piperazine rings is 1. The average Bonchev–Trinajstić information content (AvgIpc) is 3.00. The number of halogens is 1. The van der Waals surface area contributed by atoms with E-state index in [2.05, 4.69) is 4.99 Å². The number of amidine groups is 1. The minimum absolute atomic E-state index is 0.180. The molecule has 5 rings (SSSR count). The summed E-state index contributed by atoms with van der Waals surface area (Å²) in [6, 6.07) is 15.3. The maximum atomic E-state index is 13.3. The molecule has 0 aliphatic carbocycles. The highest BCUT2D eigenvalue weighted by molar-refractivity contribution is 6.34. The number of benzene rings is 2. The number of fused-ring (bicyclic) bond motifs is 3. The highest BCUT2D eigenvalue weighted by Gasteiger charge is 2.36. The Balaban J connectivity index is 1.52. The fourth-order valence-corrected chi connectivity index (χ4v) is 4.19. The van der Waals surface area contributed by atoms with Gasteiger partial charge in [0.25, 0.3) is 5.91 Å². The monoisotopic (exact) mass is 433 g/mol. The average molecular weight is 434 g/mol. The highest BCUT2D eigenvalue weighted by Crippen LogP contribution is 2.33. The zero-order chi connectivity index (χ0) is 21.4. The lowest BCUT2D eigenvalue weighted by Crippen LogP contribution is -2.43. The maximum absolute atomic E-state index is 13.3. The summed E-state index contributed by atoms with van der Waals surface area (Å²) < 4.78 is 0. The Morgan fingerprint density at radius 2 is 1.71 bits per heavy atom. The van der Waals surface area contributed by atoms with Gasteiger partial charge in [0.2, 0.25) is 6.41 Å². The minimum atomic E-state index is -0.180. The van der Waals surface area contributed by atoms with Crippen LogP contribution in [0.3, 0.4) is 0 Å². The molecule has 156 valence electrons. The number of hydrogen-bond acceptors (Lipinski definition) is 5. The zero-order valence-electron chi connectivity index (χ0n) is 16.7. The van der Waals surface area contributed by atoms with E-state index in [1.165, 1.54) is 0 Å². The largest absolute Gasteiger partial charge is 0.372 e. The summed E-state index contributed by atoms with van der Waals surface area (Å²) >= 11 is 6.31. The molecule has 3 heterocycles. The second kappa shape index (κ2) is 8.00. The number of rotatable bonds is 3. The first kappa shape index (κ1) is 19.5. The molecule has 8 heteroatoms. The van der Waals surface area contributed by atoms with Gasteiger partial charge < -0.3 is 9.80 Å². The molecule has 0 unspecified atom stereocenters. The summed E-state index contributed by atoms with van der Waals surface area (Å²) in [5, 5.41) is 0.582. The third-order valence-electron chi connectivity index (χ3n) is 5.61. The molecule has 3 aliphatic rings. The molecule has 1 fully saturated rings. The fourth-order valence-electron chi connectivity index (χ4n) is 4.02. The number of aliphatic imine (C=N–C) groups is 2. The van der Waals surface area contributed by atoms with E-state index in [1.54, 1.807) is 22.1 Å². The summed E-state index contributed by atoms with van der Waals surface area (Å²) in [6.45, 7) is 2.89. The predicted octanol–water partition coefficient (Wildman–Crippen LogP) is 2.55. The van der Waals surface area contributed by atoms with E-state index in [0.29, 0.717) is 49.3 Å². The third-order valence-corrected chi connectivity index (χ3v) is 5.85. The van der Waals surface area contributed by atoms with Gasteiger partial charge in [0, 0.05) is 48.5 Å². The van der Waals surface area contributed by atoms with Gasteiger partial charge in [-0.1, -0.05) is 41.9 Å². The molecule has 0 saturated carbocycles. The van der Waals surface area contributed by atoms with Gasteiger partial charge >= 0.3 is 0 Å². The molecule has 0 aromatic heterocycles. The van der Waals surface area contributed by atoms with Gasteiger partial charge in [-0.15, -0.1) is 0 Å². The maximum Gasteiger partial charge on any atom is 0.284 e. The van der Waals surface area contributed by atoms with Crippen LogP contribution in [-0.4, -0.2) is 66.4 Å². The van der Waals surface area contributed by atoms with Crippen molar-refractivity contribution in [3.63, 3.8) is 0 Å². The minimum Gasteiger partial charge on any atom is -0.372 e. The smallest absolute Gasteiger partial charge is 0.284 e. The van der Waals surface area contributed by atoms with E-state index >= 15 is 0 Å². The van der Waals surface area contributed by atoms with Crippen LogP contribution >= 0.6 is 11.6 Å². The lowest BCUT2D eigenvalue weighted by molar-refractivity contribution is -0.119. The Labute approximate surface area is 184 Å². The number of anilines is 1. The van der Waals surface area contributed by atoms with Crippen LogP contribution in [-0.2, 0) is 9.59 Å². The Morgan fingerprint density at radius 3 is 2.45 bits per heavy atom. The first-order valence-electron chi connectivity index (χ1n) is 10.1. The second-order valence-electron chi connectivity index (χ2n) is 7.55. The van der Waals surface area contributed by atoms with Gasteiger partial charge in [0.15, 0.2) is 0 Å². The van der Waals surface area contributed by atoms with E-state index in [-0.39, 0.29) is 5.91 Å². The third kappa shape index (κ3) is 3.61. The summed E-state index contributed by atoms with van der Waals surface area (Å²) in [4.78, 5) is 39.1. The Bertz CT molecular complexity index is 1130. The van der Waals surface area contributed by atoms with Crippen molar-refractivity contribution in [1.29, 1.82) is 0 Å². The molecule has 0 bridgehead atoms. The molecule has 0 N–H and O–H groups in total. The topological polar surface area (TPSA) is 68.6 Å². The molecule has 2 aromatic rings. The van der Waals surface area contributed by atoms with Gasteiger partial charge in [0.05, 0.1) is 17.9 Å². The van der Waals surface area contributed by atoms with Gasteiger partial charge in [-0.25, -0.2) is 4.99 Å². The van der Waals surface area contributed by atoms with Crippen LogP contribution in [0.5, 0.6) is 0 Å². The molecular weight excluding hydrogens is 414 g/mol. The van der Waals surface area contributed by atoms with Crippen molar-refractivity contribution in [3.05, 3.63) is 76.6 Å². The van der Waals surface area contributed by atoms with Crippen LogP contribution in [0.2, 0.25) is 5.02 Å². The van der Waals surface area contributed by atoms with Crippen molar-refractivity contribution in [3.8, 4) is 0 Å². The molecule has 0 radical (unpaired) electrons. The molecule has 0 atom stereocenters. The molecule has 3 aliphatic heterocycles. The molecule has 2 amide bonds. The summed E-state index contributed by atoms with van der Waals surface area (Å²) in [7, 11) is 0. The van der Waals surface area contributed by atoms with E-state index < -0.39 is 0 Å². The summed E-state index contributed by atoms with van der Waals surface area (Å²) in [5.41, 5.74) is 3.66. The summed E-state index contributed by atoms with van der Waals surface area (Å²) in [5.74, 6) is 0.415. The molecule has 1 saturated heterocycles. The van der Waals surface area contributed by atoms with Crippen molar-refractivity contribution < 1.29 is 9.59 Å². The van der Waals surface area contributed by atoms with Crippen molar-refractivity contribution in [1.82, 2.24) is 9.80 Å². The number of nitrogens with zero attached hydrogens (tertiary/aromatic N) is 5. The van der Waals surface area contributed by atoms with Crippen molar-refractivity contribution in [2.75, 3.05) is 37.6 Å². The highest BCUT2D eigenvalue weighted by atomic mass is 35.5. The SMILES string of the molecule is O=CN1CCN(/C=C2\N=C3CN=C(c4ccccc4)c4cc(Cl)ccc4N3C2=O)CC1. The number of amides is 2. The van der Waals surface area contributed by atoms with Gasteiger partial charge in [-0.05, 0) is 18.2 Å². The van der Waals surface area contributed by atoms with E-state index in [0.717, 1.165) is 28.9 Å². The van der Waals surface area contributed by atoms with E-state index in [1.807, 2.05) is 47.4 Å². The zero-order valence-corrected chi connectivity index (χ0v) is 17.5.